The molecule has 1 aliphatic heterocycles. The molecule has 1 rings (SSSR count). The lowest BCUT2D eigenvalue weighted by atomic mass is 9.76. The smallest absolute Gasteiger partial charge is 0.0455 e. The molecule has 0 aromatic heterocycles. The average Bonchev–Trinajstić information content (AvgIpc) is 1.94. The van der Waals surface area contributed by atoms with Crippen LogP contribution in [-0.2, 0) is 0 Å². The summed E-state index contributed by atoms with van der Waals surface area (Å²) in [5.41, 5.74) is 0.175. The summed E-state index contributed by atoms with van der Waals surface area (Å²) in [6.07, 6.45) is 1.08. The number of hydrogen-bond donors (Lipinski definition) is 1. The zero-order valence-electron chi connectivity index (χ0n) is 7.31. The van der Waals surface area contributed by atoms with E-state index in [4.69, 9.17) is 0 Å². The second kappa shape index (κ2) is 1.95. The Kier molecular flexibility index (Phi) is 1.57. The van der Waals surface area contributed by atoms with Crippen molar-refractivity contribution in [2.45, 2.75) is 39.7 Å². The third-order valence-electron chi connectivity index (χ3n) is 3.25. The highest BCUT2D eigenvalue weighted by atomic mass is 16.5. The first-order valence-electron chi connectivity index (χ1n) is 3.84. The number of hydrogen-bond acceptors (Lipinski definition) is 2. The summed E-state index contributed by atoms with van der Waals surface area (Å²) in [5.74, 6) is 0. The van der Waals surface area contributed by atoms with E-state index in [1.165, 1.54) is 5.06 Å². The van der Waals surface area contributed by atoms with Gasteiger partial charge in [0.1, 0.15) is 0 Å². The van der Waals surface area contributed by atoms with Crippen molar-refractivity contribution < 1.29 is 5.21 Å². The third-order valence-corrected chi connectivity index (χ3v) is 3.25. The van der Waals surface area contributed by atoms with E-state index in [1.54, 1.807) is 0 Å². The van der Waals surface area contributed by atoms with Crippen LogP contribution < -0.4 is 0 Å². The Morgan fingerprint density at radius 1 is 1.20 bits per heavy atom. The molecule has 60 valence electrons. The van der Waals surface area contributed by atoms with Gasteiger partial charge >= 0.3 is 0 Å². The van der Waals surface area contributed by atoms with E-state index in [9.17, 15) is 5.21 Å². The molecule has 0 amide bonds. The average molecular weight is 143 g/mol. The molecular formula is C8H17NO. The SMILES string of the molecule is CC1(C)CCN(O)C1(C)C. The highest BCUT2D eigenvalue weighted by molar-refractivity contribution is 4.97. The molecular weight excluding hydrogens is 126 g/mol. The van der Waals surface area contributed by atoms with Crippen molar-refractivity contribution in [3.05, 3.63) is 0 Å². The van der Waals surface area contributed by atoms with Gasteiger partial charge in [-0.3, -0.25) is 0 Å². The maximum absolute atomic E-state index is 9.43. The molecule has 0 atom stereocenters. The minimum absolute atomic E-state index is 0.0625. The van der Waals surface area contributed by atoms with E-state index in [1.807, 2.05) is 0 Å². The lowest BCUT2D eigenvalue weighted by molar-refractivity contribution is -0.154. The van der Waals surface area contributed by atoms with Gasteiger partial charge < -0.3 is 5.21 Å². The van der Waals surface area contributed by atoms with Gasteiger partial charge in [0.2, 0.25) is 0 Å². The Bertz CT molecular complexity index is 140. The van der Waals surface area contributed by atoms with E-state index in [0.29, 0.717) is 0 Å². The second-order valence-electron chi connectivity index (χ2n) is 4.32. The normalized spacial score (nSPS) is 30.9. The molecule has 0 saturated carbocycles. The van der Waals surface area contributed by atoms with Crippen LogP contribution in [0.5, 0.6) is 0 Å². The molecule has 0 aromatic rings. The number of nitrogens with zero attached hydrogens (tertiary/aromatic N) is 1. The van der Waals surface area contributed by atoms with Gasteiger partial charge in [-0.25, -0.2) is 0 Å². The fourth-order valence-electron chi connectivity index (χ4n) is 1.32. The highest BCUT2D eigenvalue weighted by Gasteiger charge is 2.46. The van der Waals surface area contributed by atoms with Crippen molar-refractivity contribution >= 4 is 0 Å². The Balaban J connectivity index is 2.84. The molecule has 0 unspecified atom stereocenters. The first-order chi connectivity index (χ1) is 4.38. The van der Waals surface area contributed by atoms with Crippen LogP contribution in [0, 0.1) is 5.41 Å². The van der Waals surface area contributed by atoms with Gasteiger partial charge in [-0.1, -0.05) is 13.8 Å². The van der Waals surface area contributed by atoms with Gasteiger partial charge in [-0.15, -0.1) is 0 Å². The Hall–Kier alpha value is -0.0800. The van der Waals surface area contributed by atoms with Gasteiger partial charge in [0.25, 0.3) is 0 Å². The third kappa shape index (κ3) is 0.867. The first-order valence-corrected chi connectivity index (χ1v) is 3.84. The van der Waals surface area contributed by atoms with E-state index in [2.05, 4.69) is 27.7 Å². The molecule has 0 radical (unpaired) electrons. The topological polar surface area (TPSA) is 23.5 Å². The fraction of sp³-hybridized carbons (Fsp3) is 1.00. The molecule has 1 heterocycles. The van der Waals surface area contributed by atoms with Crippen LogP contribution in [-0.4, -0.2) is 22.4 Å². The summed E-state index contributed by atoms with van der Waals surface area (Å²) in [4.78, 5) is 0. The van der Waals surface area contributed by atoms with Crippen LogP contribution in [0.3, 0.4) is 0 Å². The standard InChI is InChI=1S/C8H17NO/c1-7(2)5-6-9(10)8(7,3)4/h10H,5-6H2,1-4H3. The Labute approximate surface area is 62.8 Å². The van der Waals surface area contributed by atoms with Crippen molar-refractivity contribution in [3.63, 3.8) is 0 Å². The molecule has 0 aliphatic carbocycles. The van der Waals surface area contributed by atoms with Crippen molar-refractivity contribution in [2.24, 2.45) is 5.41 Å². The Morgan fingerprint density at radius 2 is 1.70 bits per heavy atom. The predicted octanol–water partition coefficient (Wildman–Crippen LogP) is 1.89. The predicted molar refractivity (Wildman–Crippen MR) is 41.0 cm³/mol. The van der Waals surface area contributed by atoms with Gasteiger partial charge in [-0.2, -0.15) is 5.06 Å². The molecule has 2 nitrogen and oxygen atoms in total. The molecule has 1 fully saturated rings. The van der Waals surface area contributed by atoms with Gasteiger partial charge in [0.05, 0.1) is 0 Å². The van der Waals surface area contributed by atoms with Crippen molar-refractivity contribution in [2.75, 3.05) is 6.54 Å². The van der Waals surface area contributed by atoms with Crippen molar-refractivity contribution in [1.29, 1.82) is 0 Å². The first kappa shape index (κ1) is 8.02. The van der Waals surface area contributed by atoms with Crippen LogP contribution in [0.2, 0.25) is 0 Å². The van der Waals surface area contributed by atoms with Crippen LogP contribution >= 0.6 is 0 Å². The largest absolute Gasteiger partial charge is 0.313 e. The van der Waals surface area contributed by atoms with E-state index in [-0.39, 0.29) is 11.0 Å². The minimum atomic E-state index is -0.0625. The van der Waals surface area contributed by atoms with Crippen molar-refractivity contribution in [3.8, 4) is 0 Å². The molecule has 10 heavy (non-hydrogen) atoms. The lowest BCUT2D eigenvalue weighted by Gasteiger charge is -2.37. The van der Waals surface area contributed by atoms with Crippen LogP contribution in [0.4, 0.5) is 0 Å². The molecule has 2 heteroatoms. The molecule has 0 bridgehead atoms. The summed E-state index contributed by atoms with van der Waals surface area (Å²) in [7, 11) is 0. The molecule has 0 spiro atoms. The van der Waals surface area contributed by atoms with E-state index >= 15 is 0 Å². The van der Waals surface area contributed by atoms with Crippen LogP contribution in [0.25, 0.3) is 0 Å². The van der Waals surface area contributed by atoms with E-state index in [0.717, 1.165) is 13.0 Å². The summed E-state index contributed by atoms with van der Waals surface area (Å²) in [5, 5.41) is 10.9. The van der Waals surface area contributed by atoms with Gasteiger partial charge in [0, 0.05) is 12.1 Å². The highest BCUT2D eigenvalue weighted by Crippen LogP contribution is 2.43. The monoisotopic (exact) mass is 143 g/mol. The molecule has 1 aliphatic rings. The van der Waals surface area contributed by atoms with E-state index < -0.39 is 0 Å². The summed E-state index contributed by atoms with van der Waals surface area (Å²) < 4.78 is 0. The maximum atomic E-state index is 9.43. The van der Waals surface area contributed by atoms with Crippen LogP contribution in [0.15, 0.2) is 0 Å². The fourth-order valence-corrected chi connectivity index (χ4v) is 1.32. The summed E-state index contributed by atoms with van der Waals surface area (Å²) >= 11 is 0. The van der Waals surface area contributed by atoms with Crippen LogP contribution in [0.1, 0.15) is 34.1 Å². The molecule has 0 aromatic carbocycles. The van der Waals surface area contributed by atoms with Gasteiger partial charge in [0.15, 0.2) is 0 Å². The summed E-state index contributed by atoms with van der Waals surface area (Å²) in [6.45, 7) is 9.37. The zero-order valence-corrected chi connectivity index (χ0v) is 7.31. The molecule has 1 N–H and O–H groups in total. The number of hydroxylamine groups is 2. The Morgan fingerprint density at radius 3 is 1.80 bits per heavy atom. The summed E-state index contributed by atoms with van der Waals surface area (Å²) in [6, 6.07) is 0. The van der Waals surface area contributed by atoms with Gasteiger partial charge in [-0.05, 0) is 25.7 Å². The maximum Gasteiger partial charge on any atom is 0.0455 e. The number of rotatable bonds is 0. The van der Waals surface area contributed by atoms with Crippen molar-refractivity contribution in [1.82, 2.24) is 5.06 Å². The second-order valence-corrected chi connectivity index (χ2v) is 4.32. The lowest BCUT2D eigenvalue weighted by Crippen LogP contribution is -2.44. The quantitative estimate of drug-likeness (QED) is 0.559. The zero-order chi connectivity index (χ0) is 7.99. The molecule has 1 saturated heterocycles. The minimum Gasteiger partial charge on any atom is -0.313 e.